The second-order valence-electron chi connectivity index (χ2n) is 9.84. The molecule has 2 atom stereocenters. The summed E-state index contributed by atoms with van der Waals surface area (Å²) >= 11 is 0. The highest BCUT2D eigenvalue weighted by atomic mass is 31.1. The van der Waals surface area contributed by atoms with E-state index < -0.39 is 48.7 Å². The Morgan fingerprint density at radius 1 is 0.939 bits per heavy atom. The Balaban J connectivity index is 4.53. The van der Waals surface area contributed by atoms with Gasteiger partial charge in [0.1, 0.15) is 6.04 Å². The second kappa shape index (κ2) is 13.6. The van der Waals surface area contributed by atoms with Gasteiger partial charge in [0.25, 0.3) is 0 Å². The number of amides is 2. The first-order valence-electron chi connectivity index (χ1n) is 11.0. The fraction of sp³-hybridized carbons (Fsp3) is 0.773. The number of carbonyl (C=O) groups is 5. The zero-order valence-corrected chi connectivity index (χ0v) is 21.5. The number of unbranched alkanes of at least 4 members (excludes halogenated alkanes) is 1. The van der Waals surface area contributed by atoms with Crippen LogP contribution in [0.15, 0.2) is 0 Å². The average Bonchev–Trinajstić information content (AvgIpc) is 2.68. The Kier molecular flexibility index (Phi) is 12.8. The maximum atomic E-state index is 12.6. The summed E-state index contributed by atoms with van der Waals surface area (Å²) in [6.45, 7) is 10.2. The first-order chi connectivity index (χ1) is 15.0. The van der Waals surface area contributed by atoms with Crippen LogP contribution in [-0.4, -0.2) is 71.4 Å². The summed E-state index contributed by atoms with van der Waals surface area (Å²) in [5.74, 6) is -3.25. The van der Waals surface area contributed by atoms with Crippen molar-refractivity contribution < 1.29 is 34.2 Å². The van der Waals surface area contributed by atoms with Crippen molar-refractivity contribution in [2.75, 3.05) is 19.9 Å². The van der Waals surface area contributed by atoms with Gasteiger partial charge in [0.2, 0.25) is 11.8 Å². The SMILES string of the molecule is CP(C)C(=O)[C@@H](N)CCCCNC(=O)CC[C@H](NC(=O)C(C)(C)CC(C)(C)C(=O)O)C(=O)O. The van der Waals surface area contributed by atoms with Gasteiger partial charge < -0.3 is 26.6 Å². The topological polar surface area (TPSA) is 176 Å². The third-order valence-corrected chi connectivity index (χ3v) is 6.58. The smallest absolute Gasteiger partial charge is 0.326 e. The summed E-state index contributed by atoms with van der Waals surface area (Å²) in [5.41, 5.74) is 3.65. The molecule has 2 amide bonds. The zero-order valence-electron chi connectivity index (χ0n) is 20.6. The lowest BCUT2D eigenvalue weighted by Gasteiger charge is -2.32. The van der Waals surface area contributed by atoms with Crippen molar-refractivity contribution in [2.24, 2.45) is 16.6 Å². The number of aliphatic carboxylic acids is 2. The van der Waals surface area contributed by atoms with E-state index in [0.717, 1.165) is 0 Å². The normalized spacial score (nSPS) is 13.8. The van der Waals surface area contributed by atoms with Gasteiger partial charge in [0.05, 0.1) is 11.5 Å². The standard InChI is InChI=1S/C22H40N3O7P/c1-21(2,13-22(3,4)20(31)32)19(30)25-15(17(27)28)10-11-16(26)24-12-8-7-9-14(23)18(29)33(5)6/h14-15H,7-13,23H2,1-6H3,(H,24,26)(H,25,30)(H,27,28)(H,31,32)/t14-,15-/m0/s1. The van der Waals surface area contributed by atoms with Gasteiger partial charge in [-0.2, -0.15) is 0 Å². The van der Waals surface area contributed by atoms with Crippen LogP contribution in [0.2, 0.25) is 0 Å². The number of nitrogens with two attached hydrogens (primary N) is 1. The Morgan fingerprint density at radius 2 is 1.52 bits per heavy atom. The van der Waals surface area contributed by atoms with Crippen LogP contribution in [0.3, 0.4) is 0 Å². The van der Waals surface area contributed by atoms with Gasteiger partial charge in [-0.25, -0.2) is 4.79 Å². The number of nitrogens with one attached hydrogen (secondary N) is 2. The van der Waals surface area contributed by atoms with E-state index in [1.54, 1.807) is 13.8 Å². The molecule has 33 heavy (non-hydrogen) atoms. The first-order valence-corrected chi connectivity index (χ1v) is 13.3. The molecule has 0 aromatic rings. The van der Waals surface area contributed by atoms with Crippen LogP contribution < -0.4 is 16.4 Å². The predicted octanol–water partition coefficient (Wildman–Crippen LogP) is 1.75. The summed E-state index contributed by atoms with van der Waals surface area (Å²) in [7, 11) is -0.714. The van der Waals surface area contributed by atoms with Crippen molar-refractivity contribution in [1.29, 1.82) is 0 Å². The second-order valence-corrected chi connectivity index (χ2v) is 12.1. The summed E-state index contributed by atoms with van der Waals surface area (Å²) < 4.78 is 0. The molecule has 6 N–H and O–H groups in total. The van der Waals surface area contributed by atoms with Gasteiger partial charge in [-0.3, -0.25) is 19.2 Å². The largest absolute Gasteiger partial charge is 0.481 e. The number of rotatable bonds is 16. The van der Waals surface area contributed by atoms with Crippen molar-refractivity contribution in [3.8, 4) is 0 Å². The minimum atomic E-state index is -1.27. The molecular formula is C22H40N3O7P. The van der Waals surface area contributed by atoms with E-state index in [-0.39, 0.29) is 30.7 Å². The molecule has 0 spiro atoms. The third-order valence-electron chi connectivity index (χ3n) is 5.36. The van der Waals surface area contributed by atoms with Crippen LogP contribution in [0.1, 0.15) is 66.2 Å². The lowest BCUT2D eigenvalue weighted by atomic mass is 9.74. The molecule has 0 bridgehead atoms. The summed E-state index contributed by atoms with van der Waals surface area (Å²) in [4.78, 5) is 59.4. The van der Waals surface area contributed by atoms with Crippen LogP contribution in [0.25, 0.3) is 0 Å². The summed E-state index contributed by atoms with van der Waals surface area (Å²) in [6, 6.07) is -1.75. The van der Waals surface area contributed by atoms with Gasteiger partial charge >= 0.3 is 11.9 Å². The van der Waals surface area contributed by atoms with Crippen molar-refractivity contribution >= 4 is 37.2 Å². The van der Waals surface area contributed by atoms with Gasteiger partial charge in [0.15, 0.2) is 5.52 Å². The van der Waals surface area contributed by atoms with Crippen molar-refractivity contribution in [3.05, 3.63) is 0 Å². The highest BCUT2D eigenvalue weighted by Gasteiger charge is 2.40. The molecule has 0 aliphatic rings. The zero-order chi connectivity index (χ0) is 26.0. The Bertz CT molecular complexity index is 723. The molecule has 0 saturated carbocycles. The number of carbonyl (C=O) groups excluding carboxylic acids is 3. The fourth-order valence-electron chi connectivity index (χ4n) is 3.41. The minimum absolute atomic E-state index is 0.0153. The maximum absolute atomic E-state index is 12.6. The third kappa shape index (κ3) is 11.6. The quantitative estimate of drug-likeness (QED) is 0.161. The van der Waals surface area contributed by atoms with E-state index >= 15 is 0 Å². The Morgan fingerprint density at radius 3 is 2.00 bits per heavy atom. The van der Waals surface area contributed by atoms with E-state index in [1.807, 2.05) is 13.3 Å². The summed E-state index contributed by atoms with van der Waals surface area (Å²) in [6.07, 6.45) is 1.71. The predicted molar refractivity (Wildman–Crippen MR) is 127 cm³/mol. The molecule has 0 fully saturated rings. The number of carboxylic acid groups (broad SMARTS) is 2. The lowest BCUT2D eigenvalue weighted by Crippen LogP contribution is -2.48. The van der Waals surface area contributed by atoms with E-state index in [9.17, 15) is 34.2 Å². The fourth-order valence-corrected chi connectivity index (χ4v) is 4.20. The van der Waals surface area contributed by atoms with Gasteiger partial charge in [-0.15, -0.1) is 0 Å². The van der Waals surface area contributed by atoms with Crippen LogP contribution in [0.5, 0.6) is 0 Å². The molecule has 0 unspecified atom stereocenters. The molecule has 11 heteroatoms. The van der Waals surface area contributed by atoms with Crippen molar-refractivity contribution in [3.63, 3.8) is 0 Å². The van der Waals surface area contributed by atoms with Gasteiger partial charge in [0, 0.05) is 18.4 Å². The molecule has 10 nitrogen and oxygen atoms in total. The Labute approximate surface area is 197 Å². The van der Waals surface area contributed by atoms with E-state index in [4.69, 9.17) is 5.73 Å². The molecule has 0 aliphatic heterocycles. The first kappa shape index (κ1) is 30.9. The highest BCUT2D eigenvalue weighted by Crippen LogP contribution is 2.34. The van der Waals surface area contributed by atoms with Crippen LogP contribution >= 0.6 is 7.92 Å². The van der Waals surface area contributed by atoms with Crippen LogP contribution in [-0.2, 0) is 24.0 Å². The van der Waals surface area contributed by atoms with Crippen molar-refractivity contribution in [2.45, 2.75) is 78.3 Å². The van der Waals surface area contributed by atoms with Gasteiger partial charge in [-0.05, 0) is 67.2 Å². The van der Waals surface area contributed by atoms with E-state index in [1.165, 1.54) is 13.8 Å². The molecule has 0 aliphatic carbocycles. The average molecular weight is 490 g/mol. The molecule has 0 rings (SSSR count). The Hall–Kier alpha value is -2.06. The van der Waals surface area contributed by atoms with Gasteiger partial charge in [-0.1, -0.05) is 13.8 Å². The molecule has 0 saturated heterocycles. The molecule has 0 radical (unpaired) electrons. The highest BCUT2D eigenvalue weighted by molar-refractivity contribution is 7.73. The van der Waals surface area contributed by atoms with Crippen LogP contribution in [0.4, 0.5) is 0 Å². The number of hydrogen-bond donors (Lipinski definition) is 5. The molecule has 0 aromatic heterocycles. The van der Waals surface area contributed by atoms with Crippen molar-refractivity contribution in [1.82, 2.24) is 10.6 Å². The number of hydrogen-bond acceptors (Lipinski definition) is 6. The molecule has 0 aromatic carbocycles. The molecular weight excluding hydrogens is 449 g/mol. The lowest BCUT2D eigenvalue weighted by molar-refractivity contribution is -0.151. The maximum Gasteiger partial charge on any atom is 0.326 e. The molecule has 190 valence electrons. The minimum Gasteiger partial charge on any atom is -0.481 e. The molecule has 0 heterocycles. The monoisotopic (exact) mass is 489 g/mol. The van der Waals surface area contributed by atoms with E-state index in [2.05, 4.69) is 10.6 Å². The van der Waals surface area contributed by atoms with E-state index in [0.29, 0.717) is 25.8 Å². The summed E-state index contributed by atoms with van der Waals surface area (Å²) in [5, 5.41) is 23.8. The van der Waals surface area contributed by atoms with Crippen LogP contribution in [0, 0.1) is 10.8 Å². The number of carboxylic acids is 2.